The van der Waals surface area contributed by atoms with Gasteiger partial charge in [0.1, 0.15) is 0 Å². The smallest absolute Gasteiger partial charge is 0.184 e. The van der Waals surface area contributed by atoms with Crippen molar-refractivity contribution in [3.05, 3.63) is 0 Å². The van der Waals surface area contributed by atoms with E-state index in [1.807, 2.05) is 0 Å². The molecule has 3 nitrogen and oxygen atoms in total. The van der Waals surface area contributed by atoms with Crippen LogP contribution >= 0.6 is 0 Å². The van der Waals surface area contributed by atoms with Crippen molar-refractivity contribution in [3.8, 4) is 0 Å². The molecule has 1 aliphatic rings. The van der Waals surface area contributed by atoms with E-state index in [-0.39, 0.29) is 0 Å². The van der Waals surface area contributed by atoms with E-state index < -0.39 is 0 Å². The van der Waals surface area contributed by atoms with Gasteiger partial charge in [-0.1, -0.05) is 0 Å². The van der Waals surface area contributed by atoms with Gasteiger partial charge in [0.15, 0.2) is 23.9 Å². The lowest BCUT2D eigenvalue weighted by molar-refractivity contribution is 0.241. The van der Waals surface area contributed by atoms with Crippen LogP contribution in [0.1, 0.15) is 0 Å². The van der Waals surface area contributed by atoms with E-state index in [1.165, 1.54) is 0 Å². The minimum Gasteiger partial charge on any atom is -0.351 e. The molecule has 0 aromatic rings. The molecular weight excluding hydrogens is 135 g/mol. The highest BCUT2D eigenvalue weighted by Crippen LogP contribution is 1.93. The third-order valence-electron chi connectivity index (χ3n) is 1.71. The normalized spacial score (nSPS) is 26.2. The van der Waals surface area contributed by atoms with Crippen molar-refractivity contribution >= 4 is 23.9 Å². The lowest BCUT2D eigenvalue weighted by Crippen LogP contribution is -2.46. The summed E-state index contributed by atoms with van der Waals surface area (Å²) >= 11 is 0. The van der Waals surface area contributed by atoms with E-state index >= 15 is 0 Å². The first-order valence-corrected chi connectivity index (χ1v) is 3.67. The molecule has 0 aromatic carbocycles. The summed E-state index contributed by atoms with van der Waals surface area (Å²) in [6.07, 6.45) is 0. The molecule has 6 radical (unpaired) electrons. The number of nitrogens with zero attached hydrogens (tertiary/aromatic N) is 3. The van der Waals surface area contributed by atoms with Crippen LogP contribution in [0, 0.1) is 0 Å². The first-order chi connectivity index (χ1) is 5.18. The summed E-state index contributed by atoms with van der Waals surface area (Å²) in [7, 11) is 16.8. The summed E-state index contributed by atoms with van der Waals surface area (Å²) < 4.78 is 0. The number of hydrogen-bond donors (Lipinski definition) is 0. The van der Waals surface area contributed by atoms with Crippen LogP contribution < -0.4 is 0 Å². The molecule has 0 N–H and O–H groups in total. The van der Waals surface area contributed by atoms with Crippen LogP contribution in [0.5, 0.6) is 0 Å². The standard InChI is InChI=1S/C5H10B3N3/c6-9-1-3-10(7)5-11(8)4-2-9/h1-5H2. The third-order valence-corrected chi connectivity index (χ3v) is 1.71. The van der Waals surface area contributed by atoms with Crippen LogP contribution in [0.3, 0.4) is 0 Å². The second-order valence-corrected chi connectivity index (χ2v) is 2.80. The lowest BCUT2D eigenvalue weighted by Gasteiger charge is -2.32. The largest absolute Gasteiger partial charge is 0.351 e. The van der Waals surface area contributed by atoms with Crippen molar-refractivity contribution in [2.75, 3.05) is 32.8 Å². The van der Waals surface area contributed by atoms with Gasteiger partial charge in [-0.05, 0) is 26.2 Å². The minimum atomic E-state index is 0.605. The van der Waals surface area contributed by atoms with Crippen LogP contribution in [0.4, 0.5) is 0 Å². The van der Waals surface area contributed by atoms with E-state index in [0.717, 1.165) is 26.2 Å². The monoisotopic (exact) mass is 145 g/mol. The molecule has 0 atom stereocenters. The molecule has 0 amide bonds. The molecule has 1 saturated heterocycles. The molecule has 1 fully saturated rings. The fraction of sp³-hybridized carbons (Fsp3) is 1.00. The molecule has 0 aliphatic carbocycles. The van der Waals surface area contributed by atoms with Crippen molar-refractivity contribution in [2.45, 2.75) is 0 Å². The molecule has 11 heavy (non-hydrogen) atoms. The highest BCUT2D eigenvalue weighted by Gasteiger charge is 2.08. The van der Waals surface area contributed by atoms with Gasteiger partial charge in [0.2, 0.25) is 0 Å². The van der Waals surface area contributed by atoms with Gasteiger partial charge in [-0.15, -0.1) is 0 Å². The van der Waals surface area contributed by atoms with Crippen LogP contribution in [-0.2, 0) is 0 Å². The molecule has 1 rings (SSSR count). The van der Waals surface area contributed by atoms with Gasteiger partial charge in [0, 0.05) is 6.67 Å². The Morgan fingerprint density at radius 3 is 1.45 bits per heavy atom. The second kappa shape index (κ2) is 4.19. The zero-order valence-electron chi connectivity index (χ0n) is 6.61. The number of rotatable bonds is 0. The Labute approximate surface area is 72.0 Å². The van der Waals surface area contributed by atoms with Crippen molar-refractivity contribution in [1.29, 1.82) is 0 Å². The predicted molar refractivity (Wildman–Crippen MR) is 47.1 cm³/mol. The molecule has 0 unspecified atom stereocenters. The Morgan fingerprint density at radius 2 is 1.00 bits per heavy atom. The minimum absolute atomic E-state index is 0.605. The van der Waals surface area contributed by atoms with Gasteiger partial charge < -0.3 is 14.4 Å². The Kier molecular flexibility index (Phi) is 3.49. The fourth-order valence-electron chi connectivity index (χ4n) is 1.00. The molecule has 1 aliphatic heterocycles. The molecule has 0 aromatic heterocycles. The average molecular weight is 145 g/mol. The van der Waals surface area contributed by atoms with Gasteiger partial charge in [-0.2, -0.15) is 0 Å². The van der Waals surface area contributed by atoms with Crippen molar-refractivity contribution in [2.24, 2.45) is 0 Å². The molecule has 1 heterocycles. The Morgan fingerprint density at radius 1 is 0.636 bits per heavy atom. The van der Waals surface area contributed by atoms with Crippen molar-refractivity contribution in [1.82, 2.24) is 14.4 Å². The average Bonchev–Trinajstić information content (AvgIpc) is 1.95. The van der Waals surface area contributed by atoms with E-state index in [0.29, 0.717) is 6.67 Å². The van der Waals surface area contributed by atoms with Crippen LogP contribution in [0.15, 0.2) is 0 Å². The van der Waals surface area contributed by atoms with Gasteiger partial charge in [0.25, 0.3) is 0 Å². The Bertz CT molecular complexity index is 112. The fourth-order valence-corrected chi connectivity index (χ4v) is 1.00. The first-order valence-electron chi connectivity index (χ1n) is 3.67. The highest BCUT2D eigenvalue weighted by atomic mass is 15.3. The van der Waals surface area contributed by atoms with Gasteiger partial charge in [-0.3, -0.25) is 0 Å². The predicted octanol–water partition coefficient (Wildman–Crippen LogP) is -1.89. The molecule has 0 bridgehead atoms. The maximum Gasteiger partial charge on any atom is 0.184 e. The summed E-state index contributed by atoms with van der Waals surface area (Å²) in [5, 5.41) is 0. The summed E-state index contributed by atoms with van der Waals surface area (Å²) in [5.41, 5.74) is 0. The zero-order chi connectivity index (χ0) is 8.27. The molecule has 0 saturated carbocycles. The van der Waals surface area contributed by atoms with E-state index in [2.05, 4.69) is 0 Å². The zero-order valence-corrected chi connectivity index (χ0v) is 6.61. The summed E-state index contributed by atoms with van der Waals surface area (Å²) in [6.45, 7) is 3.71. The van der Waals surface area contributed by atoms with Crippen LogP contribution in [0.2, 0.25) is 0 Å². The van der Waals surface area contributed by atoms with Crippen molar-refractivity contribution < 1.29 is 0 Å². The molecular formula is C5H10B3N3. The van der Waals surface area contributed by atoms with Crippen molar-refractivity contribution in [3.63, 3.8) is 0 Å². The topological polar surface area (TPSA) is 9.72 Å². The summed E-state index contributed by atoms with van der Waals surface area (Å²) in [4.78, 5) is 5.02. The first kappa shape index (κ1) is 9.17. The Hall–Kier alpha value is 0.0748. The number of hydrogen-bond acceptors (Lipinski definition) is 3. The lowest BCUT2D eigenvalue weighted by atomic mass is 10.2. The SMILES string of the molecule is [B]N1CCN([B])CN([B])CC1. The summed E-state index contributed by atoms with van der Waals surface area (Å²) in [6, 6.07) is 0. The molecule has 54 valence electrons. The molecule has 0 spiro atoms. The van der Waals surface area contributed by atoms with E-state index in [1.54, 1.807) is 14.4 Å². The maximum atomic E-state index is 5.60. The van der Waals surface area contributed by atoms with Gasteiger partial charge >= 0.3 is 0 Å². The van der Waals surface area contributed by atoms with E-state index in [9.17, 15) is 0 Å². The quantitative estimate of drug-likeness (QED) is 0.369. The maximum absolute atomic E-state index is 5.60. The van der Waals surface area contributed by atoms with Crippen LogP contribution in [0.25, 0.3) is 0 Å². The highest BCUT2D eigenvalue weighted by molar-refractivity contribution is 6.07. The van der Waals surface area contributed by atoms with E-state index in [4.69, 9.17) is 23.9 Å². The summed E-state index contributed by atoms with van der Waals surface area (Å²) in [5.74, 6) is 0. The third kappa shape index (κ3) is 3.32. The Balaban J connectivity index is 2.34. The molecule has 6 heteroatoms. The second-order valence-electron chi connectivity index (χ2n) is 2.80. The van der Waals surface area contributed by atoms with Crippen LogP contribution in [-0.4, -0.2) is 71.2 Å². The van der Waals surface area contributed by atoms with Gasteiger partial charge in [-0.25, -0.2) is 0 Å². The van der Waals surface area contributed by atoms with Gasteiger partial charge in [0.05, 0.1) is 0 Å².